The summed E-state index contributed by atoms with van der Waals surface area (Å²) < 4.78 is 42.2. The van der Waals surface area contributed by atoms with Crippen molar-refractivity contribution >= 4 is 18.1 Å². The van der Waals surface area contributed by atoms with Gasteiger partial charge in [0.05, 0.1) is 23.7 Å². The quantitative estimate of drug-likeness (QED) is 0.837. The third-order valence-electron chi connectivity index (χ3n) is 2.33. The van der Waals surface area contributed by atoms with Crippen LogP contribution in [0.15, 0.2) is 45.8 Å². The molecule has 0 aliphatic carbocycles. The van der Waals surface area contributed by atoms with E-state index in [-0.39, 0.29) is 0 Å². The minimum Gasteiger partial charge on any atom is -0.454 e. The molecular formula is C13H9F3N2O. The van der Waals surface area contributed by atoms with E-state index >= 15 is 0 Å². The van der Waals surface area contributed by atoms with Crippen LogP contribution < -0.4 is 0 Å². The summed E-state index contributed by atoms with van der Waals surface area (Å²) in [6, 6.07) is 7.71. The van der Waals surface area contributed by atoms with Crippen LogP contribution in [0.2, 0.25) is 0 Å². The molecule has 0 saturated heterocycles. The second-order valence-electron chi connectivity index (χ2n) is 3.69. The maximum Gasteiger partial charge on any atom is 0.416 e. The maximum absolute atomic E-state index is 12.3. The zero-order valence-electron chi connectivity index (χ0n) is 9.61. The number of nitrogens with zero attached hydrogens (tertiary/aromatic N) is 1. The third-order valence-corrected chi connectivity index (χ3v) is 2.33. The van der Waals surface area contributed by atoms with Gasteiger partial charge in [-0.25, -0.2) is 0 Å². The van der Waals surface area contributed by atoms with Crippen molar-refractivity contribution in [1.29, 1.82) is 5.41 Å². The number of aliphatic imine (C=N–C) groups is 1. The molecule has 2 aromatic rings. The van der Waals surface area contributed by atoms with Gasteiger partial charge in [0.15, 0.2) is 0 Å². The predicted octanol–water partition coefficient (Wildman–Crippen LogP) is 4.05. The number of furan rings is 1. The summed E-state index contributed by atoms with van der Waals surface area (Å²) in [7, 11) is 0. The molecule has 1 heterocycles. The van der Waals surface area contributed by atoms with Crippen LogP contribution in [0, 0.1) is 5.41 Å². The van der Waals surface area contributed by atoms with Crippen molar-refractivity contribution in [2.45, 2.75) is 6.18 Å². The Hall–Kier alpha value is -2.37. The van der Waals surface area contributed by atoms with Crippen molar-refractivity contribution < 1.29 is 17.6 Å². The Morgan fingerprint density at radius 1 is 1.00 bits per heavy atom. The van der Waals surface area contributed by atoms with Gasteiger partial charge in [0.25, 0.3) is 0 Å². The van der Waals surface area contributed by atoms with E-state index in [0.29, 0.717) is 17.2 Å². The van der Waals surface area contributed by atoms with Crippen LogP contribution in [0.1, 0.15) is 17.1 Å². The Labute approximate surface area is 106 Å². The summed E-state index contributed by atoms with van der Waals surface area (Å²) >= 11 is 0. The molecule has 0 aliphatic heterocycles. The second kappa shape index (κ2) is 5.09. The van der Waals surface area contributed by atoms with Crippen LogP contribution in [0.5, 0.6) is 0 Å². The van der Waals surface area contributed by atoms with Crippen molar-refractivity contribution in [3.8, 4) is 0 Å². The number of halogens is 3. The van der Waals surface area contributed by atoms with Crippen molar-refractivity contribution in [2.75, 3.05) is 0 Å². The van der Waals surface area contributed by atoms with Gasteiger partial charge in [0.2, 0.25) is 0 Å². The van der Waals surface area contributed by atoms with Crippen molar-refractivity contribution in [2.24, 2.45) is 4.99 Å². The molecule has 0 amide bonds. The molecule has 0 saturated carbocycles. The molecule has 0 spiro atoms. The third kappa shape index (κ3) is 3.31. The lowest BCUT2D eigenvalue weighted by atomic mass is 10.2. The molecule has 0 atom stereocenters. The van der Waals surface area contributed by atoms with Crippen molar-refractivity contribution in [3.63, 3.8) is 0 Å². The Morgan fingerprint density at radius 3 is 2.16 bits per heavy atom. The topological polar surface area (TPSA) is 49.4 Å². The highest BCUT2D eigenvalue weighted by molar-refractivity contribution is 5.81. The highest BCUT2D eigenvalue weighted by Crippen LogP contribution is 2.30. The number of nitrogens with one attached hydrogen (secondary N) is 1. The van der Waals surface area contributed by atoms with E-state index in [9.17, 15) is 13.2 Å². The molecular weight excluding hydrogens is 257 g/mol. The van der Waals surface area contributed by atoms with Crippen molar-refractivity contribution in [3.05, 3.63) is 53.5 Å². The fourth-order valence-corrected chi connectivity index (χ4v) is 1.39. The van der Waals surface area contributed by atoms with Gasteiger partial charge in [-0.1, -0.05) is 0 Å². The van der Waals surface area contributed by atoms with Gasteiger partial charge in [0, 0.05) is 0 Å². The van der Waals surface area contributed by atoms with Gasteiger partial charge in [-0.15, -0.1) is 0 Å². The van der Waals surface area contributed by atoms with Gasteiger partial charge in [-0.05, 0) is 36.4 Å². The summed E-state index contributed by atoms with van der Waals surface area (Å²) in [5.41, 5.74) is -0.323. The van der Waals surface area contributed by atoms with E-state index in [4.69, 9.17) is 9.83 Å². The van der Waals surface area contributed by atoms with Gasteiger partial charge < -0.3 is 9.83 Å². The van der Waals surface area contributed by atoms with Crippen molar-refractivity contribution in [1.82, 2.24) is 0 Å². The summed E-state index contributed by atoms with van der Waals surface area (Å²) in [6.07, 6.45) is -1.91. The molecule has 0 unspecified atom stereocenters. The van der Waals surface area contributed by atoms with E-state index in [0.717, 1.165) is 18.3 Å². The molecule has 0 bridgehead atoms. The number of rotatable bonds is 3. The van der Waals surface area contributed by atoms with E-state index in [1.165, 1.54) is 18.3 Å². The first-order valence-electron chi connectivity index (χ1n) is 5.31. The maximum atomic E-state index is 12.3. The first-order valence-corrected chi connectivity index (χ1v) is 5.31. The molecule has 1 N–H and O–H groups in total. The Balaban J connectivity index is 2.13. The normalized spacial score (nSPS) is 11.9. The molecule has 1 aromatic heterocycles. The van der Waals surface area contributed by atoms with E-state index < -0.39 is 11.7 Å². The summed E-state index contributed by atoms with van der Waals surface area (Å²) in [5.74, 6) is 0.812. The Bertz CT molecular complexity index is 597. The smallest absolute Gasteiger partial charge is 0.416 e. The molecule has 1 aromatic carbocycles. The van der Waals surface area contributed by atoms with Gasteiger partial charge in [-0.2, -0.15) is 13.2 Å². The molecule has 0 aliphatic rings. The van der Waals surface area contributed by atoms with Crippen LogP contribution in [0.4, 0.5) is 18.9 Å². The van der Waals surface area contributed by atoms with Crippen LogP contribution in [0.25, 0.3) is 0 Å². The minimum absolute atomic E-state index is 0.383. The lowest BCUT2D eigenvalue weighted by molar-refractivity contribution is -0.137. The molecule has 0 radical (unpaired) electrons. The fourth-order valence-electron chi connectivity index (χ4n) is 1.39. The van der Waals surface area contributed by atoms with Gasteiger partial charge >= 0.3 is 6.18 Å². The first kappa shape index (κ1) is 13.1. The minimum atomic E-state index is -4.35. The number of benzene rings is 1. The SMILES string of the molecule is N=Cc1ccc(/C=N/c2ccc(C(F)(F)F)cc2)o1. The van der Waals surface area contributed by atoms with E-state index in [1.807, 2.05) is 0 Å². The van der Waals surface area contributed by atoms with E-state index in [1.54, 1.807) is 12.1 Å². The lowest BCUT2D eigenvalue weighted by Gasteiger charge is -2.05. The molecule has 98 valence electrons. The summed E-state index contributed by atoms with van der Waals surface area (Å²) in [4.78, 5) is 3.99. The number of alkyl halides is 3. The average Bonchev–Trinajstić information content (AvgIpc) is 2.84. The molecule has 2 rings (SSSR count). The fraction of sp³-hybridized carbons (Fsp3) is 0.0769. The molecule has 3 nitrogen and oxygen atoms in total. The van der Waals surface area contributed by atoms with Crippen LogP contribution in [-0.2, 0) is 6.18 Å². The highest BCUT2D eigenvalue weighted by atomic mass is 19.4. The molecule has 19 heavy (non-hydrogen) atoms. The van der Waals surface area contributed by atoms with Crippen LogP contribution in [-0.4, -0.2) is 12.4 Å². The van der Waals surface area contributed by atoms with Crippen LogP contribution in [0.3, 0.4) is 0 Å². The Kier molecular flexibility index (Phi) is 3.50. The first-order chi connectivity index (χ1) is 8.99. The van der Waals surface area contributed by atoms with Crippen LogP contribution >= 0.6 is 0 Å². The largest absolute Gasteiger partial charge is 0.454 e. The standard InChI is InChI=1S/C13H9F3N2O/c14-13(15,16)9-1-3-10(4-2-9)18-8-12-6-5-11(7-17)19-12/h1-8,17H/b17-7?,18-8+. The second-order valence-corrected chi connectivity index (χ2v) is 3.69. The number of hydrogen-bond acceptors (Lipinski definition) is 3. The van der Waals surface area contributed by atoms with Gasteiger partial charge in [-0.3, -0.25) is 4.99 Å². The zero-order valence-corrected chi connectivity index (χ0v) is 9.61. The lowest BCUT2D eigenvalue weighted by Crippen LogP contribution is -2.03. The summed E-state index contributed by atoms with van der Waals surface area (Å²) in [5, 5.41) is 6.97. The average molecular weight is 266 g/mol. The molecule has 0 fully saturated rings. The number of hydrogen-bond donors (Lipinski definition) is 1. The Morgan fingerprint density at radius 2 is 1.63 bits per heavy atom. The van der Waals surface area contributed by atoms with E-state index in [2.05, 4.69) is 4.99 Å². The zero-order chi connectivity index (χ0) is 13.9. The monoisotopic (exact) mass is 266 g/mol. The summed E-state index contributed by atoms with van der Waals surface area (Å²) in [6.45, 7) is 0. The predicted molar refractivity (Wildman–Crippen MR) is 65.3 cm³/mol. The van der Waals surface area contributed by atoms with Gasteiger partial charge in [0.1, 0.15) is 11.5 Å². The molecule has 6 heteroatoms. The highest BCUT2D eigenvalue weighted by Gasteiger charge is 2.29.